The average Bonchev–Trinajstić information content (AvgIpc) is 3.94. The molecule has 1 amide bonds. The fourth-order valence-electron chi connectivity index (χ4n) is 8.86. The fourth-order valence-corrected chi connectivity index (χ4v) is 9.21. The van der Waals surface area contributed by atoms with Gasteiger partial charge in [0.15, 0.2) is 23.8 Å². The first-order valence-corrected chi connectivity index (χ1v) is 22.0. The van der Waals surface area contributed by atoms with Crippen LogP contribution in [0.25, 0.3) is 22.3 Å². The topological polar surface area (TPSA) is 224 Å². The number of fused-ring (bicyclic) bond motifs is 4. The number of amides is 1. The molecule has 3 heterocycles. The van der Waals surface area contributed by atoms with Gasteiger partial charge in [-0.1, -0.05) is 129 Å². The van der Waals surface area contributed by atoms with Crippen molar-refractivity contribution in [2.24, 2.45) is 5.92 Å². The fraction of sp³-hybridized carbons (Fsp3) is 0.283. The van der Waals surface area contributed by atoms with E-state index in [9.17, 15) is 24.3 Å². The van der Waals surface area contributed by atoms with Crippen LogP contribution < -0.4 is 11.1 Å². The van der Waals surface area contributed by atoms with Crippen LogP contribution in [0, 0.1) is 5.92 Å². The third kappa shape index (κ3) is 8.30. The lowest BCUT2D eigenvalue weighted by molar-refractivity contribution is -0.161. The molecule has 0 radical (unpaired) electrons. The van der Waals surface area contributed by atoms with E-state index in [0.29, 0.717) is 6.54 Å². The smallest absolute Gasteiger partial charge is 0.455 e. The summed E-state index contributed by atoms with van der Waals surface area (Å²) in [5.74, 6) is -1.87. The molecule has 1 fully saturated rings. The number of carbonyl (C=O) groups is 2. The lowest BCUT2D eigenvalue weighted by Gasteiger charge is -2.47. The molecule has 0 spiro atoms. The standard InChI is InChI=1S/C46H48N7O9P/c1-4-15-35(53(24-29-16-7-5-8-17-29)46(30-18-9-6-10-19-30)33-22-13-11-20-31(33)32-21-12-14-23-34(32)46)43(55)51-37(28(2)3)45(56)62-40-36(25-60-63(57,58)59)61-44(39(40)54)52-27-50-38-41(47)48-26-49-42(38)52/h4-14,16-23,26-28,35-37,39-40,44,54H,1,15,24-25H2,2-3H3,(H,51,55)(H2,47,48,49)(H2,57,58,59)/t35-,36+,37-,39+,40+,44+/m0/s1. The van der Waals surface area contributed by atoms with Gasteiger partial charge >= 0.3 is 13.8 Å². The largest absolute Gasteiger partial charge is 0.469 e. The van der Waals surface area contributed by atoms with Gasteiger partial charge in [0, 0.05) is 6.54 Å². The zero-order valence-electron chi connectivity index (χ0n) is 34.5. The Labute approximate surface area is 363 Å². The summed E-state index contributed by atoms with van der Waals surface area (Å²) in [5.41, 5.74) is 11.3. The van der Waals surface area contributed by atoms with Crippen molar-refractivity contribution >= 4 is 36.7 Å². The number of nitrogens with zero attached hydrogens (tertiary/aromatic N) is 5. The number of hydrogen-bond donors (Lipinski definition) is 5. The number of aliphatic hydroxyl groups excluding tert-OH is 1. The molecule has 1 aliphatic heterocycles. The molecule has 326 valence electrons. The first-order chi connectivity index (χ1) is 30.3. The maximum atomic E-state index is 15.3. The normalized spacial score (nSPS) is 20.0. The highest BCUT2D eigenvalue weighted by molar-refractivity contribution is 7.46. The third-order valence-electron chi connectivity index (χ3n) is 11.7. The van der Waals surface area contributed by atoms with E-state index in [1.165, 1.54) is 17.2 Å². The van der Waals surface area contributed by atoms with Gasteiger partial charge in [-0.15, -0.1) is 6.58 Å². The lowest BCUT2D eigenvalue weighted by atomic mass is 9.77. The number of phosphoric ester groups is 1. The second kappa shape index (κ2) is 17.9. The van der Waals surface area contributed by atoms with Crippen LogP contribution in [-0.4, -0.2) is 88.2 Å². The quantitative estimate of drug-likeness (QED) is 0.0476. The Morgan fingerprint density at radius 1 is 0.952 bits per heavy atom. The van der Waals surface area contributed by atoms with E-state index >= 15 is 4.79 Å². The summed E-state index contributed by atoms with van der Waals surface area (Å²) in [4.78, 5) is 63.4. The molecule has 6 N–H and O–H groups in total. The molecule has 8 rings (SSSR count). The van der Waals surface area contributed by atoms with E-state index in [0.717, 1.165) is 33.4 Å². The second-order valence-electron chi connectivity index (χ2n) is 15.9. The van der Waals surface area contributed by atoms with E-state index in [4.69, 9.17) is 19.7 Å². The van der Waals surface area contributed by atoms with Crippen LogP contribution in [-0.2, 0) is 40.2 Å². The minimum Gasteiger partial charge on any atom is -0.455 e. The van der Waals surface area contributed by atoms with E-state index in [2.05, 4.69) is 68.1 Å². The van der Waals surface area contributed by atoms with E-state index in [1.54, 1.807) is 19.9 Å². The predicted octanol–water partition coefficient (Wildman–Crippen LogP) is 5.25. The van der Waals surface area contributed by atoms with Crippen molar-refractivity contribution in [3.05, 3.63) is 157 Å². The van der Waals surface area contributed by atoms with Gasteiger partial charge in [0.1, 0.15) is 30.1 Å². The van der Waals surface area contributed by atoms with Crippen LogP contribution in [0.5, 0.6) is 0 Å². The minimum absolute atomic E-state index is 0.0687. The Hall–Kier alpha value is -6.10. The number of aromatic nitrogens is 4. The molecule has 1 aliphatic carbocycles. The number of ether oxygens (including phenoxy) is 2. The van der Waals surface area contributed by atoms with Crippen LogP contribution >= 0.6 is 7.82 Å². The first-order valence-electron chi connectivity index (χ1n) is 20.5. The van der Waals surface area contributed by atoms with Gasteiger partial charge in [0.05, 0.1) is 24.5 Å². The number of carbonyl (C=O) groups excluding carboxylic acids is 2. The van der Waals surface area contributed by atoms with Crippen LogP contribution in [0.15, 0.2) is 135 Å². The van der Waals surface area contributed by atoms with Gasteiger partial charge in [-0.25, -0.2) is 24.3 Å². The number of nitrogen functional groups attached to an aromatic ring is 1. The van der Waals surface area contributed by atoms with Crippen LogP contribution in [0.1, 0.15) is 48.8 Å². The predicted molar refractivity (Wildman–Crippen MR) is 233 cm³/mol. The summed E-state index contributed by atoms with van der Waals surface area (Å²) in [7, 11) is -5.04. The number of esters is 1. The highest BCUT2D eigenvalue weighted by Crippen LogP contribution is 2.55. The highest BCUT2D eigenvalue weighted by atomic mass is 31.2. The monoisotopic (exact) mass is 873 g/mol. The number of imidazole rings is 1. The van der Waals surface area contributed by atoms with Gasteiger partial charge in [0.25, 0.3) is 0 Å². The number of aliphatic hydroxyl groups is 1. The summed E-state index contributed by atoms with van der Waals surface area (Å²) in [6, 6.07) is 34.1. The summed E-state index contributed by atoms with van der Waals surface area (Å²) < 4.78 is 30.0. The number of nitrogens with two attached hydrogens (primary N) is 1. The number of hydrogen-bond acceptors (Lipinski definition) is 12. The highest BCUT2D eigenvalue weighted by Gasteiger charge is 2.53. The Bertz CT molecular complexity index is 2610. The van der Waals surface area contributed by atoms with Crippen LogP contribution in [0.3, 0.4) is 0 Å². The molecule has 6 atom stereocenters. The Kier molecular flexibility index (Phi) is 12.4. The number of phosphoric acid groups is 1. The molecule has 63 heavy (non-hydrogen) atoms. The molecule has 6 aromatic rings. The van der Waals surface area contributed by atoms with Crippen LogP contribution in [0.2, 0.25) is 0 Å². The molecule has 2 aliphatic rings. The van der Waals surface area contributed by atoms with E-state index in [1.807, 2.05) is 72.8 Å². The second-order valence-corrected chi connectivity index (χ2v) is 17.1. The van der Waals surface area contributed by atoms with Crippen molar-refractivity contribution in [2.45, 2.75) is 69.0 Å². The first kappa shape index (κ1) is 43.5. The average molecular weight is 874 g/mol. The molecule has 2 aromatic heterocycles. The summed E-state index contributed by atoms with van der Waals surface area (Å²) >= 11 is 0. The van der Waals surface area contributed by atoms with Crippen LogP contribution in [0.4, 0.5) is 5.82 Å². The van der Waals surface area contributed by atoms with Crippen molar-refractivity contribution in [3.63, 3.8) is 0 Å². The number of benzene rings is 4. The minimum atomic E-state index is -5.04. The molecule has 0 unspecified atom stereocenters. The van der Waals surface area contributed by atoms with Gasteiger partial charge in [0.2, 0.25) is 5.91 Å². The van der Waals surface area contributed by atoms with Gasteiger partial charge in [-0.2, -0.15) is 0 Å². The molecule has 1 saturated heterocycles. The van der Waals surface area contributed by atoms with Gasteiger partial charge in [-0.3, -0.25) is 18.8 Å². The van der Waals surface area contributed by atoms with Crippen molar-refractivity contribution in [3.8, 4) is 11.1 Å². The van der Waals surface area contributed by atoms with E-state index in [-0.39, 0.29) is 23.4 Å². The maximum Gasteiger partial charge on any atom is 0.469 e. The number of rotatable bonds is 16. The third-order valence-corrected chi connectivity index (χ3v) is 12.1. The van der Waals surface area contributed by atoms with Gasteiger partial charge < -0.3 is 35.4 Å². The number of anilines is 1. The Balaban J connectivity index is 1.16. The van der Waals surface area contributed by atoms with Crippen molar-refractivity contribution in [1.82, 2.24) is 29.7 Å². The lowest BCUT2D eigenvalue weighted by Crippen LogP contribution is -2.59. The van der Waals surface area contributed by atoms with Crippen molar-refractivity contribution in [1.29, 1.82) is 0 Å². The zero-order chi connectivity index (χ0) is 44.5. The summed E-state index contributed by atoms with van der Waals surface area (Å²) in [6.07, 6.45) is -1.48. The molecule has 4 aromatic carbocycles. The van der Waals surface area contributed by atoms with E-state index < -0.39 is 74.4 Å². The van der Waals surface area contributed by atoms with Crippen molar-refractivity contribution < 1.29 is 43.0 Å². The Morgan fingerprint density at radius 3 is 2.19 bits per heavy atom. The summed E-state index contributed by atoms with van der Waals surface area (Å²) in [5, 5.41) is 14.7. The SMILES string of the molecule is C=CC[C@@H](C(=O)N[C@H](C(=O)O[C@H]1[C@@H](O)[C@H](n2cnc3c(N)ncnc32)O[C@@H]1COP(=O)(O)O)C(C)C)N(Cc1ccccc1)C1(c2ccccc2)c2ccccc2-c2ccccc21. The Morgan fingerprint density at radius 2 is 1.57 bits per heavy atom. The molecule has 17 heteroatoms. The number of nitrogens with one attached hydrogen (secondary N) is 1. The maximum absolute atomic E-state index is 15.3. The molecule has 0 saturated carbocycles. The molecule has 0 bridgehead atoms. The summed E-state index contributed by atoms with van der Waals surface area (Å²) in [6.45, 7) is 7.11. The molecular formula is C46H48N7O9P. The van der Waals surface area contributed by atoms with Gasteiger partial charge in [-0.05, 0) is 45.7 Å². The van der Waals surface area contributed by atoms with Crippen molar-refractivity contribution in [2.75, 3.05) is 12.3 Å². The molecule has 16 nitrogen and oxygen atoms in total. The molecular weight excluding hydrogens is 826 g/mol. The zero-order valence-corrected chi connectivity index (χ0v) is 35.4.